The lowest BCUT2D eigenvalue weighted by molar-refractivity contribution is -0.141. The van der Waals surface area contributed by atoms with E-state index in [9.17, 15) is 13.2 Å². The van der Waals surface area contributed by atoms with Crippen LogP contribution in [0.15, 0.2) is 30.3 Å². The summed E-state index contributed by atoms with van der Waals surface area (Å²) in [5, 5.41) is 3.96. The van der Waals surface area contributed by atoms with Crippen LogP contribution in [-0.4, -0.2) is 9.78 Å². The number of halogens is 4. The second-order valence-electron chi connectivity index (χ2n) is 3.74. The highest BCUT2D eigenvalue weighted by Crippen LogP contribution is 2.30. The second-order valence-corrected chi connectivity index (χ2v) is 4.14. The third-order valence-corrected chi connectivity index (χ3v) is 2.84. The first-order valence-corrected chi connectivity index (χ1v) is 5.72. The molecule has 0 aliphatic heterocycles. The molecule has 1 aromatic carbocycles. The van der Waals surface area contributed by atoms with E-state index in [4.69, 9.17) is 11.6 Å². The Morgan fingerprint density at radius 3 is 2.50 bits per heavy atom. The summed E-state index contributed by atoms with van der Waals surface area (Å²) >= 11 is 5.97. The Morgan fingerprint density at radius 1 is 1.28 bits per heavy atom. The van der Waals surface area contributed by atoms with Crippen LogP contribution < -0.4 is 0 Å². The first kappa shape index (κ1) is 13.0. The maximum absolute atomic E-state index is 12.6. The van der Waals surface area contributed by atoms with Gasteiger partial charge in [-0.25, -0.2) is 4.68 Å². The van der Waals surface area contributed by atoms with Gasteiger partial charge in [0.05, 0.1) is 10.7 Å². The number of para-hydroxylation sites is 1. The molecule has 1 heterocycles. The van der Waals surface area contributed by atoms with Gasteiger partial charge < -0.3 is 0 Å². The molecule has 0 aliphatic carbocycles. The van der Waals surface area contributed by atoms with Crippen molar-refractivity contribution in [3.05, 3.63) is 46.7 Å². The molecule has 0 aliphatic rings. The van der Waals surface area contributed by atoms with Crippen molar-refractivity contribution in [2.75, 3.05) is 0 Å². The lowest BCUT2D eigenvalue weighted by atomic mass is 10.2. The second kappa shape index (κ2) is 4.65. The summed E-state index contributed by atoms with van der Waals surface area (Å²) in [6.45, 7) is 1.77. The van der Waals surface area contributed by atoms with E-state index in [2.05, 4.69) is 5.10 Å². The number of hydrogen-bond acceptors (Lipinski definition) is 1. The maximum Gasteiger partial charge on any atom is 0.435 e. The van der Waals surface area contributed by atoms with Crippen molar-refractivity contribution >= 4 is 11.6 Å². The minimum Gasteiger partial charge on any atom is -0.236 e. The van der Waals surface area contributed by atoms with Crippen molar-refractivity contribution in [3.63, 3.8) is 0 Å². The minimum atomic E-state index is -4.45. The third-order valence-electron chi connectivity index (χ3n) is 2.52. The molecule has 1 aromatic heterocycles. The average Bonchev–Trinajstić information content (AvgIpc) is 2.73. The van der Waals surface area contributed by atoms with Gasteiger partial charge in [0.25, 0.3) is 0 Å². The molecule has 0 spiro atoms. The van der Waals surface area contributed by atoms with Gasteiger partial charge in [0, 0.05) is 5.69 Å². The first-order chi connectivity index (χ1) is 8.43. The summed E-state index contributed by atoms with van der Waals surface area (Å²) in [4.78, 5) is 0. The number of rotatable bonds is 2. The Bertz CT molecular complexity index is 561. The van der Waals surface area contributed by atoms with E-state index in [-0.39, 0.29) is 0 Å². The van der Waals surface area contributed by atoms with Crippen LogP contribution in [0.1, 0.15) is 18.3 Å². The molecule has 6 heteroatoms. The van der Waals surface area contributed by atoms with Gasteiger partial charge in [0.1, 0.15) is 0 Å². The molecule has 0 atom stereocenters. The molecular formula is C12H10ClF3N2. The molecule has 0 N–H and O–H groups in total. The number of aromatic nitrogens is 2. The van der Waals surface area contributed by atoms with Crippen molar-refractivity contribution in [1.29, 1.82) is 0 Å². The Labute approximate surface area is 107 Å². The van der Waals surface area contributed by atoms with Crippen LogP contribution in [0.25, 0.3) is 5.69 Å². The molecule has 0 amide bonds. The lowest BCUT2D eigenvalue weighted by Gasteiger charge is -2.07. The average molecular weight is 275 g/mol. The van der Waals surface area contributed by atoms with E-state index in [1.165, 1.54) is 4.68 Å². The molecule has 18 heavy (non-hydrogen) atoms. The van der Waals surface area contributed by atoms with Crippen molar-refractivity contribution in [2.24, 2.45) is 0 Å². The zero-order chi connectivity index (χ0) is 13.3. The third kappa shape index (κ3) is 2.36. The van der Waals surface area contributed by atoms with E-state index in [1.807, 2.05) is 0 Å². The van der Waals surface area contributed by atoms with Gasteiger partial charge in [-0.05, 0) is 24.6 Å². The first-order valence-electron chi connectivity index (χ1n) is 5.34. The molecule has 0 saturated heterocycles. The van der Waals surface area contributed by atoms with Gasteiger partial charge >= 0.3 is 6.18 Å². The monoisotopic (exact) mass is 274 g/mol. The van der Waals surface area contributed by atoms with Crippen LogP contribution in [0.2, 0.25) is 5.02 Å². The molecule has 2 rings (SSSR count). The number of nitrogens with zero attached hydrogens (tertiary/aromatic N) is 2. The zero-order valence-corrected chi connectivity index (χ0v) is 10.3. The minimum absolute atomic E-state index is 0.365. The van der Waals surface area contributed by atoms with E-state index >= 15 is 0 Å². The van der Waals surface area contributed by atoms with Gasteiger partial charge in [-0.1, -0.05) is 30.7 Å². The van der Waals surface area contributed by atoms with E-state index < -0.39 is 11.9 Å². The normalized spacial score (nSPS) is 11.8. The Kier molecular flexibility index (Phi) is 3.34. The van der Waals surface area contributed by atoms with E-state index in [0.29, 0.717) is 22.8 Å². The van der Waals surface area contributed by atoms with Crippen LogP contribution in [-0.2, 0) is 12.6 Å². The van der Waals surface area contributed by atoms with Crippen molar-refractivity contribution in [2.45, 2.75) is 19.5 Å². The van der Waals surface area contributed by atoms with E-state index in [1.54, 1.807) is 31.2 Å². The summed E-state index contributed by atoms with van der Waals surface area (Å²) < 4.78 is 39.1. The van der Waals surface area contributed by atoms with Gasteiger partial charge in [0.15, 0.2) is 5.69 Å². The fourth-order valence-corrected chi connectivity index (χ4v) is 1.86. The highest BCUT2D eigenvalue weighted by Gasteiger charge is 2.34. The molecule has 0 fully saturated rings. The van der Waals surface area contributed by atoms with Gasteiger partial charge in [-0.2, -0.15) is 18.3 Å². The molecule has 96 valence electrons. The predicted molar refractivity (Wildman–Crippen MR) is 63.0 cm³/mol. The number of benzene rings is 1. The number of hydrogen-bond donors (Lipinski definition) is 0. The molecule has 2 aromatic rings. The van der Waals surface area contributed by atoms with Crippen LogP contribution >= 0.6 is 11.6 Å². The maximum atomic E-state index is 12.6. The fourth-order valence-electron chi connectivity index (χ4n) is 1.64. The smallest absolute Gasteiger partial charge is 0.236 e. The van der Waals surface area contributed by atoms with Crippen LogP contribution in [0.5, 0.6) is 0 Å². The highest BCUT2D eigenvalue weighted by atomic mass is 35.5. The molecular weight excluding hydrogens is 265 g/mol. The lowest BCUT2D eigenvalue weighted by Crippen LogP contribution is -2.07. The van der Waals surface area contributed by atoms with Crippen LogP contribution in [0.4, 0.5) is 13.2 Å². The fraction of sp³-hybridized carbons (Fsp3) is 0.250. The Balaban J connectivity index is 2.58. The topological polar surface area (TPSA) is 17.8 Å². The quantitative estimate of drug-likeness (QED) is 0.806. The zero-order valence-electron chi connectivity index (χ0n) is 9.50. The summed E-state index contributed by atoms with van der Waals surface area (Å²) in [6.07, 6.45) is -4.01. The van der Waals surface area contributed by atoms with Crippen molar-refractivity contribution in [3.8, 4) is 5.69 Å². The van der Waals surface area contributed by atoms with Crippen molar-refractivity contribution < 1.29 is 13.2 Å². The van der Waals surface area contributed by atoms with Gasteiger partial charge in [-0.3, -0.25) is 0 Å². The summed E-state index contributed by atoms with van der Waals surface area (Å²) in [6, 6.07) is 7.71. The SMILES string of the molecule is CCc1cc(C(F)(F)F)nn1-c1ccccc1Cl. The summed E-state index contributed by atoms with van der Waals surface area (Å²) in [5.41, 5.74) is 0.0150. The van der Waals surface area contributed by atoms with Crippen molar-refractivity contribution in [1.82, 2.24) is 9.78 Å². The molecule has 2 nitrogen and oxygen atoms in total. The summed E-state index contributed by atoms with van der Waals surface area (Å²) in [7, 11) is 0. The molecule has 0 bridgehead atoms. The predicted octanol–water partition coefficient (Wildman–Crippen LogP) is 4.11. The molecule has 0 radical (unpaired) electrons. The molecule has 0 saturated carbocycles. The Hall–Kier alpha value is -1.49. The molecule has 0 unspecified atom stereocenters. The Morgan fingerprint density at radius 2 is 1.94 bits per heavy atom. The van der Waals surface area contributed by atoms with Gasteiger partial charge in [0.2, 0.25) is 0 Å². The summed E-state index contributed by atoms with van der Waals surface area (Å²) in [5.74, 6) is 0. The largest absolute Gasteiger partial charge is 0.435 e. The van der Waals surface area contributed by atoms with Crippen LogP contribution in [0.3, 0.4) is 0 Å². The van der Waals surface area contributed by atoms with Crippen LogP contribution in [0, 0.1) is 0 Å². The number of aryl methyl sites for hydroxylation is 1. The van der Waals surface area contributed by atoms with Gasteiger partial charge in [-0.15, -0.1) is 0 Å². The highest BCUT2D eigenvalue weighted by molar-refractivity contribution is 6.32. The van der Waals surface area contributed by atoms with E-state index in [0.717, 1.165) is 6.07 Å². The number of alkyl halides is 3. The standard InChI is InChI=1S/C12H10ClF3N2/c1-2-8-7-11(12(14,15)16)17-18(8)10-6-4-3-5-9(10)13/h3-7H,2H2,1H3.